The maximum Gasteiger partial charge on any atom is 0.138 e. The minimum atomic E-state index is -0.0769. The Morgan fingerprint density at radius 2 is 2.00 bits per heavy atom. The Kier molecular flexibility index (Phi) is 3.70. The van der Waals surface area contributed by atoms with Crippen LogP contribution in [0.2, 0.25) is 0 Å². The summed E-state index contributed by atoms with van der Waals surface area (Å²) < 4.78 is 0. The molecule has 2 rings (SSSR count). The molecule has 0 aromatic carbocycles. The number of aromatic nitrogens is 2. The quantitative estimate of drug-likeness (QED) is 0.854. The Balaban J connectivity index is 2.06. The lowest BCUT2D eigenvalue weighted by molar-refractivity contribution is 0.484. The summed E-state index contributed by atoms with van der Waals surface area (Å²) in [7, 11) is 0. The normalized spacial score (nSPS) is 17.3. The van der Waals surface area contributed by atoms with E-state index in [2.05, 4.69) is 43.0 Å². The van der Waals surface area contributed by atoms with Crippen LogP contribution >= 0.6 is 0 Å². The summed E-state index contributed by atoms with van der Waals surface area (Å²) in [5.41, 5.74) is 6.31. The molecule has 0 radical (unpaired) electrons. The molecule has 1 fully saturated rings. The second-order valence-electron chi connectivity index (χ2n) is 6.86. The van der Waals surface area contributed by atoms with Crippen molar-refractivity contribution in [3.63, 3.8) is 0 Å². The van der Waals surface area contributed by atoms with Gasteiger partial charge in [-0.1, -0.05) is 34.1 Å². The number of hydrogen-bond donors (Lipinski definition) is 2. The maximum atomic E-state index is 5.88. The molecule has 0 bridgehead atoms. The fourth-order valence-corrected chi connectivity index (χ4v) is 2.39. The van der Waals surface area contributed by atoms with E-state index in [1.807, 2.05) is 6.07 Å². The van der Waals surface area contributed by atoms with Crippen LogP contribution in [0.5, 0.6) is 0 Å². The summed E-state index contributed by atoms with van der Waals surface area (Å²) in [6.45, 7) is 9.56. The van der Waals surface area contributed by atoms with Gasteiger partial charge in [0.15, 0.2) is 0 Å². The number of nitrogens with zero attached hydrogens (tertiary/aromatic N) is 2. The van der Waals surface area contributed by atoms with Gasteiger partial charge in [0.05, 0.1) is 0 Å². The summed E-state index contributed by atoms with van der Waals surface area (Å²) >= 11 is 0. The molecular formula is C15H26N4. The van der Waals surface area contributed by atoms with Crippen LogP contribution in [0, 0.1) is 5.41 Å². The average Bonchev–Trinajstić information content (AvgIpc) is 3.06. The molecule has 1 aliphatic carbocycles. The Morgan fingerprint density at radius 3 is 2.53 bits per heavy atom. The lowest BCUT2D eigenvalue weighted by Gasteiger charge is -2.19. The minimum absolute atomic E-state index is 0.0769. The lowest BCUT2D eigenvalue weighted by atomic mass is 9.96. The Morgan fingerprint density at radius 1 is 1.32 bits per heavy atom. The zero-order valence-electron chi connectivity index (χ0n) is 12.6. The van der Waals surface area contributed by atoms with E-state index in [-0.39, 0.29) is 5.41 Å². The summed E-state index contributed by atoms with van der Waals surface area (Å²) in [4.78, 5) is 8.92. The predicted molar refractivity (Wildman–Crippen MR) is 80.2 cm³/mol. The van der Waals surface area contributed by atoms with Gasteiger partial charge >= 0.3 is 0 Å². The maximum absolute atomic E-state index is 5.88. The van der Waals surface area contributed by atoms with E-state index in [9.17, 15) is 0 Å². The number of nitrogens with two attached hydrogens (primary N) is 1. The second kappa shape index (κ2) is 4.99. The molecule has 19 heavy (non-hydrogen) atoms. The monoisotopic (exact) mass is 262 g/mol. The van der Waals surface area contributed by atoms with Gasteiger partial charge in [-0.05, 0) is 24.7 Å². The zero-order valence-corrected chi connectivity index (χ0v) is 12.6. The van der Waals surface area contributed by atoms with Crippen LogP contribution in [0.25, 0.3) is 0 Å². The van der Waals surface area contributed by atoms with Crippen LogP contribution in [0.15, 0.2) is 6.07 Å². The molecule has 1 saturated carbocycles. The van der Waals surface area contributed by atoms with Crippen molar-refractivity contribution in [3.8, 4) is 0 Å². The molecule has 3 N–H and O–H groups in total. The van der Waals surface area contributed by atoms with Crippen molar-refractivity contribution in [2.45, 2.75) is 58.8 Å². The van der Waals surface area contributed by atoms with E-state index in [4.69, 9.17) is 5.73 Å². The number of anilines is 2. The van der Waals surface area contributed by atoms with Gasteiger partial charge in [-0.25, -0.2) is 9.97 Å². The zero-order chi connectivity index (χ0) is 14.1. The second-order valence-corrected chi connectivity index (χ2v) is 6.86. The van der Waals surface area contributed by atoms with Crippen LogP contribution in [-0.4, -0.2) is 16.5 Å². The van der Waals surface area contributed by atoms with Gasteiger partial charge in [0.25, 0.3) is 0 Å². The van der Waals surface area contributed by atoms with Crippen molar-refractivity contribution in [1.29, 1.82) is 0 Å². The van der Waals surface area contributed by atoms with Gasteiger partial charge in [0.1, 0.15) is 17.5 Å². The minimum Gasteiger partial charge on any atom is -0.384 e. The van der Waals surface area contributed by atoms with Crippen molar-refractivity contribution in [1.82, 2.24) is 9.97 Å². The van der Waals surface area contributed by atoms with Crippen LogP contribution < -0.4 is 11.1 Å². The summed E-state index contributed by atoms with van der Waals surface area (Å²) in [5, 5.41) is 3.45. The third-order valence-corrected chi connectivity index (χ3v) is 3.80. The molecule has 106 valence electrons. The highest BCUT2D eigenvalue weighted by Crippen LogP contribution is 2.49. The molecule has 0 aliphatic heterocycles. The average molecular weight is 262 g/mol. The largest absolute Gasteiger partial charge is 0.384 e. The van der Waals surface area contributed by atoms with E-state index in [1.165, 1.54) is 25.7 Å². The van der Waals surface area contributed by atoms with E-state index in [0.29, 0.717) is 11.2 Å². The molecule has 1 aromatic heterocycles. The van der Waals surface area contributed by atoms with Crippen molar-refractivity contribution in [2.24, 2.45) is 5.41 Å². The van der Waals surface area contributed by atoms with Crippen molar-refractivity contribution in [3.05, 3.63) is 11.9 Å². The molecule has 1 heterocycles. The summed E-state index contributed by atoms with van der Waals surface area (Å²) in [6, 6.07) is 1.83. The number of hydrogen-bond acceptors (Lipinski definition) is 4. The lowest BCUT2D eigenvalue weighted by Crippen LogP contribution is -2.20. The van der Waals surface area contributed by atoms with Crippen LogP contribution in [0.1, 0.15) is 59.2 Å². The predicted octanol–water partition coefficient (Wildman–Crippen LogP) is 3.35. The number of nitrogen functional groups attached to an aromatic ring is 1. The number of rotatable bonds is 5. The smallest absolute Gasteiger partial charge is 0.138 e. The molecule has 1 aromatic rings. The van der Waals surface area contributed by atoms with Gasteiger partial charge in [-0.3, -0.25) is 0 Å². The Hall–Kier alpha value is -1.32. The van der Waals surface area contributed by atoms with Gasteiger partial charge in [-0.15, -0.1) is 0 Å². The molecule has 0 saturated heterocycles. The Bertz CT molecular complexity index is 444. The van der Waals surface area contributed by atoms with E-state index >= 15 is 0 Å². The molecule has 0 unspecified atom stereocenters. The van der Waals surface area contributed by atoms with E-state index in [0.717, 1.165) is 18.2 Å². The first-order valence-electron chi connectivity index (χ1n) is 7.24. The molecule has 0 spiro atoms. The van der Waals surface area contributed by atoms with Crippen molar-refractivity contribution < 1.29 is 0 Å². The molecule has 4 heteroatoms. The van der Waals surface area contributed by atoms with Gasteiger partial charge in [0.2, 0.25) is 0 Å². The van der Waals surface area contributed by atoms with Crippen molar-refractivity contribution >= 4 is 11.6 Å². The highest BCUT2D eigenvalue weighted by molar-refractivity contribution is 5.45. The molecule has 1 aliphatic rings. The SMILES string of the molecule is CCCC1(CNc2cc(N)nc(C(C)(C)C)n2)CC1. The first-order valence-corrected chi connectivity index (χ1v) is 7.24. The van der Waals surface area contributed by atoms with Crippen molar-refractivity contribution in [2.75, 3.05) is 17.6 Å². The topological polar surface area (TPSA) is 63.8 Å². The summed E-state index contributed by atoms with van der Waals surface area (Å²) in [5.74, 6) is 2.21. The van der Waals surface area contributed by atoms with Gasteiger partial charge < -0.3 is 11.1 Å². The molecule has 4 nitrogen and oxygen atoms in total. The highest BCUT2D eigenvalue weighted by Gasteiger charge is 2.41. The van der Waals surface area contributed by atoms with Crippen LogP contribution in [0.3, 0.4) is 0 Å². The van der Waals surface area contributed by atoms with E-state index in [1.54, 1.807) is 0 Å². The Labute approximate surface area is 116 Å². The third-order valence-electron chi connectivity index (χ3n) is 3.80. The fourth-order valence-electron chi connectivity index (χ4n) is 2.39. The van der Waals surface area contributed by atoms with Crippen LogP contribution in [-0.2, 0) is 5.41 Å². The van der Waals surface area contributed by atoms with Gasteiger partial charge in [0, 0.05) is 18.0 Å². The number of nitrogens with one attached hydrogen (secondary N) is 1. The highest BCUT2D eigenvalue weighted by atomic mass is 15.1. The standard InChI is InChI=1S/C15H26N4/c1-5-6-15(7-8-15)10-17-12-9-11(16)18-13(19-12)14(2,3)4/h9H,5-8,10H2,1-4H3,(H3,16,17,18,19). The molecule has 0 atom stereocenters. The third kappa shape index (κ3) is 3.58. The van der Waals surface area contributed by atoms with Gasteiger partial charge in [-0.2, -0.15) is 0 Å². The first kappa shape index (κ1) is 14.1. The fraction of sp³-hybridized carbons (Fsp3) is 0.733. The summed E-state index contributed by atoms with van der Waals surface area (Å²) in [6.07, 6.45) is 5.22. The van der Waals surface area contributed by atoms with Crippen LogP contribution in [0.4, 0.5) is 11.6 Å². The molecule has 0 amide bonds. The first-order chi connectivity index (χ1) is 8.85. The van der Waals surface area contributed by atoms with E-state index < -0.39 is 0 Å². The molecular weight excluding hydrogens is 236 g/mol.